The van der Waals surface area contributed by atoms with Crippen molar-refractivity contribution in [2.75, 3.05) is 35.7 Å². The molecule has 10 nitrogen and oxygen atoms in total. The smallest absolute Gasteiger partial charge is 0.227 e. The molecule has 34 heavy (non-hydrogen) atoms. The van der Waals surface area contributed by atoms with Gasteiger partial charge in [0.25, 0.3) is 0 Å². The summed E-state index contributed by atoms with van der Waals surface area (Å²) in [6.07, 6.45) is 1.39. The van der Waals surface area contributed by atoms with E-state index < -0.39 is 0 Å². The first-order valence-corrected chi connectivity index (χ1v) is 11.2. The van der Waals surface area contributed by atoms with Crippen LogP contribution in [0, 0.1) is 19.8 Å². The number of aromatic nitrogens is 4. The molecular formula is C24H29N7O3. The summed E-state index contributed by atoms with van der Waals surface area (Å²) in [6.45, 7) is 6.77. The molecule has 1 aliphatic heterocycles. The van der Waals surface area contributed by atoms with Gasteiger partial charge in [0.15, 0.2) is 11.6 Å². The number of nitrogens with one attached hydrogen (secondary N) is 2. The highest BCUT2D eigenvalue weighted by molar-refractivity contribution is 5.96. The van der Waals surface area contributed by atoms with Gasteiger partial charge < -0.3 is 20.3 Å². The van der Waals surface area contributed by atoms with Crippen LogP contribution in [-0.4, -0.2) is 52.0 Å². The minimum absolute atomic E-state index is 0.0658. The molecular weight excluding hydrogens is 434 g/mol. The van der Waals surface area contributed by atoms with Gasteiger partial charge in [0.1, 0.15) is 5.75 Å². The first kappa shape index (κ1) is 23.2. The van der Waals surface area contributed by atoms with Crippen LogP contribution in [0.15, 0.2) is 36.4 Å². The number of amides is 2. The molecule has 1 saturated heterocycles. The topological polar surface area (TPSA) is 114 Å². The van der Waals surface area contributed by atoms with Crippen LogP contribution in [-0.2, 0) is 9.59 Å². The molecule has 1 aliphatic rings. The van der Waals surface area contributed by atoms with Crippen LogP contribution in [0.25, 0.3) is 5.82 Å². The van der Waals surface area contributed by atoms with Gasteiger partial charge in [-0.05, 0) is 63.1 Å². The van der Waals surface area contributed by atoms with Crippen molar-refractivity contribution in [3.63, 3.8) is 0 Å². The van der Waals surface area contributed by atoms with Gasteiger partial charge in [-0.25, -0.2) is 4.68 Å². The van der Waals surface area contributed by atoms with Gasteiger partial charge in [-0.15, -0.1) is 10.2 Å². The third-order valence-electron chi connectivity index (χ3n) is 5.83. The van der Waals surface area contributed by atoms with Crippen molar-refractivity contribution in [3.8, 4) is 11.6 Å². The molecule has 4 rings (SSSR count). The van der Waals surface area contributed by atoms with E-state index in [9.17, 15) is 9.59 Å². The first-order chi connectivity index (χ1) is 16.3. The first-order valence-electron chi connectivity index (χ1n) is 11.2. The van der Waals surface area contributed by atoms with Crippen LogP contribution >= 0.6 is 0 Å². The SMILES string of the molecule is COc1ccc(NC(C)=O)cc1NC(=O)C1CCN(c2ccc(-n3nc(C)cc3C)nn2)CC1. The van der Waals surface area contributed by atoms with Gasteiger partial charge in [-0.1, -0.05) is 0 Å². The van der Waals surface area contributed by atoms with E-state index in [4.69, 9.17) is 4.74 Å². The second-order valence-electron chi connectivity index (χ2n) is 8.44. The maximum absolute atomic E-state index is 12.9. The summed E-state index contributed by atoms with van der Waals surface area (Å²) in [5.41, 5.74) is 3.07. The maximum Gasteiger partial charge on any atom is 0.227 e. The lowest BCUT2D eigenvalue weighted by molar-refractivity contribution is -0.120. The van der Waals surface area contributed by atoms with E-state index >= 15 is 0 Å². The number of aryl methyl sites for hydroxylation is 2. The van der Waals surface area contributed by atoms with Crippen molar-refractivity contribution in [1.29, 1.82) is 0 Å². The number of benzene rings is 1. The van der Waals surface area contributed by atoms with E-state index in [0.29, 0.717) is 48.9 Å². The van der Waals surface area contributed by atoms with Crippen molar-refractivity contribution >= 4 is 29.0 Å². The van der Waals surface area contributed by atoms with Crippen LogP contribution in [0.4, 0.5) is 17.2 Å². The lowest BCUT2D eigenvalue weighted by atomic mass is 9.95. The normalized spacial score (nSPS) is 14.1. The minimum Gasteiger partial charge on any atom is -0.495 e. The molecule has 0 atom stereocenters. The Morgan fingerprint density at radius 3 is 2.29 bits per heavy atom. The molecule has 2 N–H and O–H groups in total. The number of nitrogens with zero attached hydrogens (tertiary/aromatic N) is 5. The van der Waals surface area contributed by atoms with Gasteiger partial charge in [-0.2, -0.15) is 5.10 Å². The molecule has 3 heterocycles. The highest BCUT2D eigenvalue weighted by Crippen LogP contribution is 2.30. The Hall–Kier alpha value is -3.95. The molecule has 0 radical (unpaired) electrons. The fraction of sp³-hybridized carbons (Fsp3) is 0.375. The van der Waals surface area contributed by atoms with Crippen molar-refractivity contribution in [3.05, 3.63) is 47.8 Å². The zero-order valence-corrected chi connectivity index (χ0v) is 19.8. The number of carbonyl (C=O) groups is 2. The Bertz CT molecular complexity index is 1180. The quantitative estimate of drug-likeness (QED) is 0.577. The summed E-state index contributed by atoms with van der Waals surface area (Å²) < 4.78 is 7.14. The molecule has 3 aromatic rings. The Morgan fingerprint density at radius 1 is 1.00 bits per heavy atom. The molecule has 2 aromatic heterocycles. The third-order valence-corrected chi connectivity index (χ3v) is 5.83. The molecule has 0 spiro atoms. The second-order valence-corrected chi connectivity index (χ2v) is 8.44. The second kappa shape index (κ2) is 9.90. The van der Waals surface area contributed by atoms with E-state index in [2.05, 4.69) is 30.8 Å². The average molecular weight is 464 g/mol. The number of methoxy groups -OCH3 is 1. The molecule has 0 unspecified atom stereocenters. The van der Waals surface area contributed by atoms with E-state index in [1.807, 2.05) is 32.0 Å². The van der Waals surface area contributed by atoms with Crippen LogP contribution in [0.5, 0.6) is 5.75 Å². The molecule has 0 aliphatic carbocycles. The Balaban J connectivity index is 1.37. The fourth-order valence-corrected chi connectivity index (χ4v) is 4.15. The molecule has 1 fully saturated rings. The summed E-state index contributed by atoms with van der Waals surface area (Å²) >= 11 is 0. The summed E-state index contributed by atoms with van der Waals surface area (Å²) in [4.78, 5) is 26.4. The average Bonchev–Trinajstić information content (AvgIpc) is 3.17. The zero-order chi connectivity index (χ0) is 24.2. The van der Waals surface area contributed by atoms with Crippen LogP contribution < -0.4 is 20.3 Å². The molecule has 10 heteroatoms. The van der Waals surface area contributed by atoms with Crippen LogP contribution in [0.2, 0.25) is 0 Å². The zero-order valence-electron chi connectivity index (χ0n) is 19.8. The van der Waals surface area contributed by atoms with Gasteiger partial charge in [0.05, 0.1) is 18.5 Å². The van der Waals surface area contributed by atoms with Crippen LogP contribution in [0.3, 0.4) is 0 Å². The van der Waals surface area contributed by atoms with Gasteiger partial charge in [-0.3, -0.25) is 9.59 Å². The number of piperidine rings is 1. The summed E-state index contributed by atoms with van der Waals surface area (Å²) in [5, 5.41) is 18.9. The lowest BCUT2D eigenvalue weighted by Gasteiger charge is -2.32. The Morgan fingerprint density at radius 2 is 1.71 bits per heavy atom. The van der Waals surface area contributed by atoms with E-state index in [-0.39, 0.29) is 17.7 Å². The van der Waals surface area contributed by atoms with Gasteiger partial charge in [0, 0.05) is 37.3 Å². The van der Waals surface area contributed by atoms with E-state index in [1.54, 1.807) is 30.0 Å². The number of hydrogen-bond acceptors (Lipinski definition) is 7. The molecule has 2 amide bonds. The third kappa shape index (κ3) is 5.16. The Kier molecular flexibility index (Phi) is 6.76. The van der Waals surface area contributed by atoms with E-state index in [0.717, 1.165) is 17.2 Å². The van der Waals surface area contributed by atoms with E-state index in [1.165, 1.54) is 6.92 Å². The summed E-state index contributed by atoms with van der Waals surface area (Å²) in [5.74, 6) is 1.63. The number of hydrogen-bond donors (Lipinski definition) is 2. The summed E-state index contributed by atoms with van der Waals surface area (Å²) in [7, 11) is 1.54. The summed E-state index contributed by atoms with van der Waals surface area (Å²) in [6, 6.07) is 11.0. The predicted molar refractivity (Wildman–Crippen MR) is 129 cm³/mol. The van der Waals surface area contributed by atoms with Crippen LogP contribution in [0.1, 0.15) is 31.2 Å². The fourth-order valence-electron chi connectivity index (χ4n) is 4.15. The largest absolute Gasteiger partial charge is 0.495 e. The highest BCUT2D eigenvalue weighted by Gasteiger charge is 2.26. The van der Waals surface area contributed by atoms with Crippen molar-refractivity contribution in [1.82, 2.24) is 20.0 Å². The number of carbonyl (C=O) groups excluding carboxylic acids is 2. The lowest BCUT2D eigenvalue weighted by Crippen LogP contribution is -2.38. The van der Waals surface area contributed by atoms with Crippen molar-refractivity contribution in [2.45, 2.75) is 33.6 Å². The number of rotatable bonds is 6. The van der Waals surface area contributed by atoms with Gasteiger partial charge in [0.2, 0.25) is 11.8 Å². The Labute approximate surface area is 198 Å². The standard InChI is InChI=1S/C24H29N7O3/c1-15-13-16(2)31(29-15)23-8-7-22(27-28-23)30-11-9-18(10-12-30)24(33)26-20-14-19(25-17(3)32)5-6-21(20)34-4/h5-8,13-14,18H,9-12H2,1-4H3,(H,25,32)(H,26,33). The molecule has 178 valence electrons. The van der Waals surface area contributed by atoms with Crippen molar-refractivity contribution < 1.29 is 14.3 Å². The van der Waals surface area contributed by atoms with Crippen molar-refractivity contribution in [2.24, 2.45) is 5.92 Å². The highest BCUT2D eigenvalue weighted by atomic mass is 16.5. The number of ether oxygens (including phenoxy) is 1. The van der Waals surface area contributed by atoms with Gasteiger partial charge >= 0.3 is 0 Å². The maximum atomic E-state index is 12.9. The predicted octanol–water partition coefficient (Wildman–Crippen LogP) is 3.10. The number of anilines is 3. The minimum atomic E-state index is -0.180. The molecule has 0 bridgehead atoms. The molecule has 1 aromatic carbocycles. The monoisotopic (exact) mass is 463 g/mol. The molecule has 0 saturated carbocycles.